The van der Waals surface area contributed by atoms with Crippen molar-refractivity contribution in [3.63, 3.8) is 0 Å². The molecule has 26 nitrogen and oxygen atoms in total. The molecule has 0 aliphatic carbocycles. The van der Waals surface area contributed by atoms with Gasteiger partial charge in [0.05, 0.1) is 31.8 Å². The van der Waals surface area contributed by atoms with E-state index in [1.54, 1.807) is 27.7 Å². The summed E-state index contributed by atoms with van der Waals surface area (Å²) in [6, 6.07) is -7.57. The van der Waals surface area contributed by atoms with Crippen LogP contribution in [0.15, 0.2) is 9.98 Å². The van der Waals surface area contributed by atoms with E-state index in [0.717, 1.165) is 0 Å². The third-order valence-electron chi connectivity index (χ3n) is 8.50. The van der Waals surface area contributed by atoms with Crippen LogP contribution in [0.2, 0.25) is 0 Å². The molecule has 0 aromatic rings. The molecule has 0 heterocycles. The highest BCUT2D eigenvalue weighted by atomic mass is 16.4. The lowest BCUT2D eigenvalue weighted by Gasteiger charge is -2.29. The first-order chi connectivity index (χ1) is 28.4. The second-order valence-corrected chi connectivity index (χ2v) is 14.7. The van der Waals surface area contributed by atoms with Crippen molar-refractivity contribution in [2.24, 2.45) is 50.5 Å². The summed E-state index contributed by atoms with van der Waals surface area (Å²) in [5, 5.41) is 38.7. The summed E-state index contributed by atoms with van der Waals surface area (Å²) in [5.74, 6) is -9.14. The number of amides is 8. The molecule has 0 fully saturated rings. The summed E-state index contributed by atoms with van der Waals surface area (Å²) in [7, 11) is 0. The highest BCUT2D eigenvalue weighted by Crippen LogP contribution is 2.08. The maximum Gasteiger partial charge on any atom is 0.326 e. The zero-order chi connectivity index (χ0) is 47.0. The number of hydrogen-bond donors (Lipinski definition) is 15. The number of aliphatic hydroxyl groups excluding tert-OH is 1. The summed E-state index contributed by atoms with van der Waals surface area (Å²) in [6.07, 6.45) is -0.609. The van der Waals surface area contributed by atoms with Gasteiger partial charge in [-0.3, -0.25) is 48.3 Å². The van der Waals surface area contributed by atoms with E-state index < -0.39 is 127 Å². The Hall–Kier alpha value is -6.31. The summed E-state index contributed by atoms with van der Waals surface area (Å²) < 4.78 is 0. The van der Waals surface area contributed by atoms with Gasteiger partial charge in [0, 0.05) is 13.1 Å². The zero-order valence-electron chi connectivity index (χ0n) is 35.4. The predicted molar refractivity (Wildman–Crippen MR) is 221 cm³/mol. The minimum absolute atomic E-state index is 0.0217. The quantitative estimate of drug-likeness (QED) is 0.0197. The Bertz CT molecular complexity index is 1580. The molecular weight excluding hydrogens is 806 g/mol. The van der Waals surface area contributed by atoms with Gasteiger partial charge in [0.2, 0.25) is 47.3 Å². The number of carbonyl (C=O) groups excluding carboxylic acids is 8. The van der Waals surface area contributed by atoms with Gasteiger partial charge >= 0.3 is 5.97 Å². The van der Waals surface area contributed by atoms with Gasteiger partial charge < -0.3 is 81.4 Å². The summed E-state index contributed by atoms with van der Waals surface area (Å²) in [5.41, 5.74) is 26.7. The number of aliphatic imine (C=N–C) groups is 2. The molecule has 20 N–H and O–H groups in total. The van der Waals surface area contributed by atoms with Crippen LogP contribution in [0.25, 0.3) is 0 Å². The lowest BCUT2D eigenvalue weighted by Crippen LogP contribution is -2.61. The summed E-state index contributed by atoms with van der Waals surface area (Å²) >= 11 is 0. The molecule has 7 atom stereocenters. The van der Waals surface area contributed by atoms with Gasteiger partial charge in [0.1, 0.15) is 30.2 Å². The van der Waals surface area contributed by atoms with Crippen LogP contribution in [-0.2, 0) is 43.2 Å². The van der Waals surface area contributed by atoms with Gasteiger partial charge in [0.25, 0.3) is 0 Å². The fourth-order valence-corrected chi connectivity index (χ4v) is 5.07. The summed E-state index contributed by atoms with van der Waals surface area (Å²) in [6.45, 7) is 7.59. The van der Waals surface area contributed by atoms with Crippen LogP contribution in [0.3, 0.4) is 0 Å². The summed E-state index contributed by atoms with van der Waals surface area (Å²) in [4.78, 5) is 121. The van der Waals surface area contributed by atoms with Crippen LogP contribution >= 0.6 is 0 Å². The fraction of sp³-hybridized carbons (Fsp3) is 0.686. The Morgan fingerprint density at radius 1 is 0.525 bits per heavy atom. The molecule has 8 amide bonds. The van der Waals surface area contributed by atoms with Crippen molar-refractivity contribution in [3.8, 4) is 0 Å². The molecule has 0 spiro atoms. The van der Waals surface area contributed by atoms with E-state index in [0.29, 0.717) is 6.42 Å². The second-order valence-electron chi connectivity index (χ2n) is 14.7. The number of carboxylic acid groups (broad SMARTS) is 1. The van der Waals surface area contributed by atoms with Crippen LogP contribution in [0, 0.1) is 11.8 Å². The zero-order valence-corrected chi connectivity index (χ0v) is 35.4. The third kappa shape index (κ3) is 23.2. The molecule has 0 saturated carbocycles. The Kier molecular flexibility index (Phi) is 25.3. The Morgan fingerprint density at radius 3 is 1.43 bits per heavy atom. The maximum atomic E-state index is 13.5. The highest BCUT2D eigenvalue weighted by Gasteiger charge is 2.34. The van der Waals surface area contributed by atoms with Gasteiger partial charge in [-0.25, -0.2) is 4.79 Å². The molecule has 0 radical (unpaired) electrons. The van der Waals surface area contributed by atoms with E-state index in [1.165, 1.54) is 13.8 Å². The fourth-order valence-electron chi connectivity index (χ4n) is 5.07. The molecule has 0 aliphatic rings. The number of nitrogens with two attached hydrogens (primary N) is 5. The molecule has 0 rings (SSSR count). The van der Waals surface area contributed by atoms with Gasteiger partial charge in [-0.2, -0.15) is 0 Å². The van der Waals surface area contributed by atoms with E-state index in [4.69, 9.17) is 28.7 Å². The standard InChI is InChI=1S/C35H65N15O11/c1-16(2)25(48-28(55)18(5)46-23(53)14-43-22(52)13-44-29(56)20(36)9-7-11-41-34(37)38)31(58)49-26(17(3)4)32(59)50-27(19(6)51)30(57)45-15-24(54)47-21(33(60)61)10-8-12-42-35(39)40/h16-21,25-27,51H,7-15,36H2,1-6H3,(H,43,52)(H,44,56)(H,45,57)(H,46,53)(H,47,54)(H,48,55)(H,49,58)(H,50,59)(H,60,61)(H4,37,38,41)(H4,39,40,42)/t18-,19+,20-,21-,25-,26-,27-/m0/s1. The van der Waals surface area contributed by atoms with Crippen LogP contribution in [0.1, 0.15) is 67.2 Å². The number of guanidine groups is 2. The van der Waals surface area contributed by atoms with E-state index in [9.17, 15) is 53.4 Å². The van der Waals surface area contributed by atoms with Crippen molar-refractivity contribution in [2.75, 3.05) is 32.7 Å². The maximum absolute atomic E-state index is 13.5. The number of nitrogens with zero attached hydrogens (tertiary/aromatic N) is 2. The topological polar surface area (TPSA) is 445 Å². The molecule has 346 valence electrons. The van der Waals surface area contributed by atoms with Crippen LogP contribution in [0.5, 0.6) is 0 Å². The SMILES string of the molecule is CC(C)[C@H](NC(=O)[C@H](C)NC(=O)CNC(=O)CNC(=O)[C@@H](N)CCCN=C(N)N)C(=O)N[C@H](C(=O)N[C@H](C(=O)NCC(=O)N[C@@H](CCCN=C(N)N)C(=O)O)[C@@H](C)O)C(C)C. The number of hydrogen-bond acceptors (Lipinski definition) is 13. The van der Waals surface area contributed by atoms with Gasteiger partial charge in [-0.05, 0) is 51.4 Å². The van der Waals surface area contributed by atoms with Crippen LogP contribution in [0.4, 0.5) is 0 Å². The average Bonchev–Trinajstić information content (AvgIpc) is 3.16. The number of nitrogens with one attached hydrogen (secondary N) is 8. The normalized spacial score (nSPS) is 14.3. The van der Waals surface area contributed by atoms with Crippen molar-refractivity contribution in [3.05, 3.63) is 0 Å². The highest BCUT2D eigenvalue weighted by molar-refractivity contribution is 5.97. The lowest BCUT2D eigenvalue weighted by molar-refractivity contribution is -0.142. The van der Waals surface area contributed by atoms with Crippen LogP contribution < -0.4 is 71.2 Å². The molecule has 0 unspecified atom stereocenters. The largest absolute Gasteiger partial charge is 0.480 e. The van der Waals surface area contributed by atoms with Gasteiger partial charge in [0.15, 0.2) is 11.9 Å². The predicted octanol–water partition coefficient (Wildman–Crippen LogP) is -7.01. The number of carbonyl (C=O) groups is 9. The monoisotopic (exact) mass is 871 g/mol. The molecular formula is C35H65N15O11. The Labute approximate surface area is 353 Å². The number of carboxylic acids is 1. The first kappa shape index (κ1) is 54.7. The molecule has 0 aromatic carbocycles. The first-order valence-electron chi connectivity index (χ1n) is 19.5. The molecule has 0 aromatic heterocycles. The van der Waals surface area contributed by atoms with Crippen molar-refractivity contribution >= 4 is 65.1 Å². The van der Waals surface area contributed by atoms with Crippen molar-refractivity contribution in [1.82, 2.24) is 42.5 Å². The molecule has 61 heavy (non-hydrogen) atoms. The van der Waals surface area contributed by atoms with Crippen molar-refractivity contribution in [2.45, 2.75) is 110 Å². The van der Waals surface area contributed by atoms with E-state index in [-0.39, 0.29) is 44.3 Å². The number of aliphatic carboxylic acids is 1. The first-order valence-corrected chi connectivity index (χ1v) is 19.5. The second kappa shape index (κ2) is 28.2. The molecule has 26 heteroatoms. The Balaban J connectivity index is 5.26. The van der Waals surface area contributed by atoms with Crippen LogP contribution in [-0.4, -0.2) is 150 Å². The van der Waals surface area contributed by atoms with E-state index in [2.05, 4.69) is 52.5 Å². The van der Waals surface area contributed by atoms with Gasteiger partial charge in [-0.1, -0.05) is 27.7 Å². The van der Waals surface area contributed by atoms with E-state index >= 15 is 0 Å². The number of aliphatic hydroxyl groups is 1. The molecule has 0 aliphatic heterocycles. The Morgan fingerprint density at radius 2 is 0.951 bits per heavy atom. The van der Waals surface area contributed by atoms with E-state index in [1.807, 2.05) is 0 Å². The minimum Gasteiger partial charge on any atom is -0.480 e. The number of rotatable bonds is 28. The third-order valence-corrected chi connectivity index (χ3v) is 8.50. The van der Waals surface area contributed by atoms with Crippen molar-refractivity contribution in [1.29, 1.82) is 0 Å². The van der Waals surface area contributed by atoms with Crippen molar-refractivity contribution < 1.29 is 53.4 Å². The average molecular weight is 872 g/mol. The molecule has 0 saturated heterocycles. The smallest absolute Gasteiger partial charge is 0.326 e. The lowest BCUT2D eigenvalue weighted by atomic mass is 9.99. The molecule has 0 bridgehead atoms. The minimum atomic E-state index is -1.61. The van der Waals surface area contributed by atoms with Gasteiger partial charge in [-0.15, -0.1) is 0 Å².